The van der Waals surface area contributed by atoms with Crippen molar-refractivity contribution in [3.05, 3.63) is 29.8 Å². The van der Waals surface area contributed by atoms with Crippen LogP contribution in [-0.4, -0.2) is 37.5 Å². The van der Waals surface area contributed by atoms with Gasteiger partial charge in [0, 0.05) is 18.8 Å². The van der Waals surface area contributed by atoms with Crippen LogP contribution in [0.25, 0.3) is 0 Å². The van der Waals surface area contributed by atoms with E-state index in [2.05, 4.69) is 24.0 Å². The molecule has 0 aromatic heterocycles. The molecule has 0 spiro atoms. The summed E-state index contributed by atoms with van der Waals surface area (Å²) in [4.78, 5) is 2.28. The summed E-state index contributed by atoms with van der Waals surface area (Å²) in [5, 5.41) is 9.07. The molecular formula is C12H17NO2. The predicted octanol–water partition coefficient (Wildman–Crippen LogP) is 1.19. The number of benzene rings is 1. The quantitative estimate of drug-likeness (QED) is 0.790. The van der Waals surface area contributed by atoms with E-state index in [0.717, 1.165) is 13.1 Å². The summed E-state index contributed by atoms with van der Waals surface area (Å²) in [6.07, 6.45) is -0.0432. The number of rotatable bonds is 2. The van der Waals surface area contributed by atoms with E-state index in [4.69, 9.17) is 9.84 Å². The molecule has 2 rings (SSSR count). The summed E-state index contributed by atoms with van der Waals surface area (Å²) >= 11 is 0. The molecule has 15 heavy (non-hydrogen) atoms. The Morgan fingerprint density at radius 1 is 1.47 bits per heavy atom. The van der Waals surface area contributed by atoms with Crippen molar-refractivity contribution in [3.63, 3.8) is 0 Å². The van der Waals surface area contributed by atoms with E-state index >= 15 is 0 Å². The molecule has 0 radical (unpaired) electrons. The van der Waals surface area contributed by atoms with Crippen LogP contribution in [0.1, 0.15) is 5.56 Å². The molecule has 1 saturated heterocycles. The van der Waals surface area contributed by atoms with Crippen molar-refractivity contribution in [1.29, 1.82) is 0 Å². The normalized spacial score (nSPS) is 21.7. The lowest BCUT2D eigenvalue weighted by Crippen LogP contribution is -2.44. The number of aliphatic hydroxyl groups excluding tert-OH is 1. The lowest BCUT2D eigenvalue weighted by atomic mass is 10.1. The molecule has 1 aromatic rings. The van der Waals surface area contributed by atoms with Crippen LogP contribution in [0, 0.1) is 6.92 Å². The van der Waals surface area contributed by atoms with Crippen molar-refractivity contribution in [1.82, 2.24) is 0 Å². The van der Waals surface area contributed by atoms with Gasteiger partial charge in [-0.15, -0.1) is 0 Å². The SMILES string of the molecule is Cc1ccccc1N1CCOC(CO)C1. The molecule has 1 aromatic carbocycles. The number of anilines is 1. The zero-order valence-electron chi connectivity index (χ0n) is 9.02. The van der Waals surface area contributed by atoms with E-state index in [9.17, 15) is 0 Å². The molecule has 1 unspecified atom stereocenters. The first kappa shape index (κ1) is 10.5. The van der Waals surface area contributed by atoms with Crippen LogP contribution >= 0.6 is 0 Å². The topological polar surface area (TPSA) is 32.7 Å². The molecule has 1 aliphatic heterocycles. The van der Waals surface area contributed by atoms with Crippen LogP contribution < -0.4 is 4.90 Å². The first-order chi connectivity index (χ1) is 7.31. The average Bonchev–Trinajstić information content (AvgIpc) is 2.30. The zero-order chi connectivity index (χ0) is 10.7. The maximum atomic E-state index is 9.07. The summed E-state index contributed by atoms with van der Waals surface area (Å²) in [5.74, 6) is 0. The fourth-order valence-electron chi connectivity index (χ4n) is 1.97. The first-order valence-electron chi connectivity index (χ1n) is 5.34. The summed E-state index contributed by atoms with van der Waals surface area (Å²) in [5.41, 5.74) is 2.52. The van der Waals surface area contributed by atoms with Gasteiger partial charge in [0.05, 0.1) is 19.3 Å². The molecule has 3 nitrogen and oxygen atoms in total. The number of hydrogen-bond donors (Lipinski definition) is 1. The van der Waals surface area contributed by atoms with Crippen molar-refractivity contribution >= 4 is 5.69 Å². The van der Waals surface area contributed by atoms with E-state index in [-0.39, 0.29) is 12.7 Å². The molecule has 1 N–H and O–H groups in total. The van der Waals surface area contributed by atoms with E-state index in [1.54, 1.807) is 0 Å². The van der Waals surface area contributed by atoms with E-state index in [1.807, 2.05) is 12.1 Å². The van der Waals surface area contributed by atoms with Crippen molar-refractivity contribution in [2.75, 3.05) is 31.2 Å². The molecule has 1 atom stereocenters. The van der Waals surface area contributed by atoms with Crippen molar-refractivity contribution in [3.8, 4) is 0 Å². The summed E-state index contributed by atoms with van der Waals surface area (Å²) in [6, 6.07) is 8.32. The van der Waals surface area contributed by atoms with Crippen LogP contribution in [0.2, 0.25) is 0 Å². The van der Waals surface area contributed by atoms with E-state index in [0.29, 0.717) is 6.61 Å². The Hall–Kier alpha value is -1.06. The van der Waals surface area contributed by atoms with Crippen LogP contribution in [0.5, 0.6) is 0 Å². The molecular weight excluding hydrogens is 190 g/mol. The summed E-state index contributed by atoms with van der Waals surface area (Å²) in [7, 11) is 0. The minimum atomic E-state index is -0.0432. The minimum Gasteiger partial charge on any atom is -0.394 e. The third-order valence-corrected chi connectivity index (χ3v) is 2.80. The lowest BCUT2D eigenvalue weighted by molar-refractivity contribution is 0.00354. The highest BCUT2D eigenvalue weighted by molar-refractivity contribution is 5.53. The number of nitrogens with zero attached hydrogens (tertiary/aromatic N) is 1. The van der Waals surface area contributed by atoms with Gasteiger partial charge >= 0.3 is 0 Å². The van der Waals surface area contributed by atoms with Crippen molar-refractivity contribution in [2.24, 2.45) is 0 Å². The maximum absolute atomic E-state index is 9.07. The Labute approximate surface area is 90.3 Å². The number of para-hydroxylation sites is 1. The van der Waals surface area contributed by atoms with Gasteiger partial charge in [-0.2, -0.15) is 0 Å². The Kier molecular flexibility index (Phi) is 3.23. The second-order valence-electron chi connectivity index (χ2n) is 3.91. The molecule has 0 aliphatic carbocycles. The van der Waals surface area contributed by atoms with Gasteiger partial charge in [-0.1, -0.05) is 18.2 Å². The van der Waals surface area contributed by atoms with Crippen molar-refractivity contribution in [2.45, 2.75) is 13.0 Å². The van der Waals surface area contributed by atoms with Crippen LogP contribution in [0.4, 0.5) is 5.69 Å². The Bertz CT molecular complexity index is 327. The number of ether oxygens (including phenoxy) is 1. The van der Waals surface area contributed by atoms with Gasteiger partial charge in [-0.05, 0) is 18.6 Å². The minimum absolute atomic E-state index is 0.0432. The molecule has 0 bridgehead atoms. The second kappa shape index (κ2) is 4.64. The molecule has 1 aliphatic rings. The number of aliphatic hydroxyl groups is 1. The maximum Gasteiger partial charge on any atom is 0.0980 e. The molecule has 1 heterocycles. The van der Waals surface area contributed by atoms with Gasteiger partial charge in [0.25, 0.3) is 0 Å². The van der Waals surface area contributed by atoms with Gasteiger partial charge in [-0.25, -0.2) is 0 Å². The van der Waals surface area contributed by atoms with Gasteiger partial charge in [0.15, 0.2) is 0 Å². The van der Waals surface area contributed by atoms with Gasteiger partial charge in [0.1, 0.15) is 0 Å². The van der Waals surface area contributed by atoms with E-state index < -0.39 is 0 Å². The third kappa shape index (κ3) is 2.30. The van der Waals surface area contributed by atoms with Crippen LogP contribution in [0.3, 0.4) is 0 Å². The number of aryl methyl sites for hydroxylation is 1. The molecule has 3 heteroatoms. The Morgan fingerprint density at radius 3 is 3.00 bits per heavy atom. The Balaban J connectivity index is 2.13. The summed E-state index contributed by atoms with van der Waals surface area (Å²) in [6.45, 7) is 4.59. The average molecular weight is 207 g/mol. The van der Waals surface area contributed by atoms with E-state index in [1.165, 1.54) is 11.3 Å². The smallest absolute Gasteiger partial charge is 0.0980 e. The Morgan fingerprint density at radius 2 is 2.27 bits per heavy atom. The predicted molar refractivity (Wildman–Crippen MR) is 60.2 cm³/mol. The molecule has 0 saturated carbocycles. The van der Waals surface area contributed by atoms with Gasteiger partial charge < -0.3 is 14.7 Å². The largest absolute Gasteiger partial charge is 0.394 e. The third-order valence-electron chi connectivity index (χ3n) is 2.80. The lowest BCUT2D eigenvalue weighted by Gasteiger charge is -2.34. The monoisotopic (exact) mass is 207 g/mol. The molecule has 1 fully saturated rings. The van der Waals surface area contributed by atoms with Gasteiger partial charge in [0.2, 0.25) is 0 Å². The summed E-state index contributed by atoms with van der Waals surface area (Å²) < 4.78 is 5.43. The second-order valence-corrected chi connectivity index (χ2v) is 3.91. The van der Waals surface area contributed by atoms with Crippen LogP contribution in [-0.2, 0) is 4.74 Å². The molecule has 0 amide bonds. The number of hydrogen-bond acceptors (Lipinski definition) is 3. The molecule has 82 valence electrons. The highest BCUT2D eigenvalue weighted by Gasteiger charge is 2.20. The zero-order valence-corrected chi connectivity index (χ0v) is 9.02. The van der Waals surface area contributed by atoms with Gasteiger partial charge in [-0.3, -0.25) is 0 Å². The van der Waals surface area contributed by atoms with Crippen molar-refractivity contribution < 1.29 is 9.84 Å². The standard InChI is InChI=1S/C12H17NO2/c1-10-4-2-3-5-12(10)13-6-7-15-11(8-13)9-14/h2-5,11,14H,6-9H2,1H3. The fourth-order valence-corrected chi connectivity index (χ4v) is 1.97. The first-order valence-corrected chi connectivity index (χ1v) is 5.34. The van der Waals surface area contributed by atoms with Crippen LogP contribution in [0.15, 0.2) is 24.3 Å². The highest BCUT2D eigenvalue weighted by Crippen LogP contribution is 2.21. The fraction of sp³-hybridized carbons (Fsp3) is 0.500. The number of morpholine rings is 1. The highest BCUT2D eigenvalue weighted by atomic mass is 16.5.